The van der Waals surface area contributed by atoms with Crippen LogP contribution in [0.25, 0.3) is 33.1 Å². The Morgan fingerprint density at radius 3 is 1.73 bits per heavy atom. The highest BCUT2D eigenvalue weighted by Crippen LogP contribution is 2.37. The standard InChI is InChI=1S/C12H7BrClFO.C12H6BrClO.C6H6BClO3.C6H3BrFI.CH4/c13-7-4-5-8(11(15)6-7)9-2-1-3-10(14)12(9)16;13-7-4-5-8-9-2-1-3-10(14)12(9)15-11(8)6-7;8-5-3-1-2-4(6(5)9)7(10)11;7-4-1-2-6(9)5(8)3-4;/h1-6,16H;1-6H;1-3,9-11H;1-3H;1H4. The van der Waals surface area contributed by atoms with Crippen LogP contribution in [0.1, 0.15) is 7.43 Å². The Labute approximate surface area is 352 Å². The number of benzene rings is 6. The quantitative estimate of drug-likeness (QED) is 0.0786. The van der Waals surface area contributed by atoms with Gasteiger partial charge in [0.15, 0.2) is 5.58 Å². The molecule has 0 unspecified atom stereocenters. The number of rotatable bonds is 2. The predicted molar refractivity (Wildman–Crippen MR) is 229 cm³/mol. The van der Waals surface area contributed by atoms with Crippen molar-refractivity contribution in [1.29, 1.82) is 0 Å². The maximum atomic E-state index is 13.7. The third kappa shape index (κ3) is 11.6. The van der Waals surface area contributed by atoms with Gasteiger partial charge in [0.2, 0.25) is 0 Å². The second-order valence-corrected chi connectivity index (χ2v) is 15.4. The molecule has 0 amide bonds. The van der Waals surface area contributed by atoms with Crippen LogP contribution in [-0.2, 0) is 0 Å². The van der Waals surface area contributed by atoms with Gasteiger partial charge in [0, 0.05) is 44.4 Å². The molecule has 4 N–H and O–H groups in total. The minimum absolute atomic E-state index is 0. The molecule has 1 heterocycles. The SMILES string of the molecule is C.Clc1cccc2c1oc1cc(Br)ccc12.Fc1cc(Br)ccc1I.OB(O)c1cccc(Cl)c1O.Oc1c(Cl)cccc1-c1ccc(Br)cc1F. The summed E-state index contributed by atoms with van der Waals surface area (Å²) >= 11 is 29.0. The lowest BCUT2D eigenvalue weighted by Gasteiger charge is -2.07. The third-order valence-electron chi connectivity index (χ3n) is 6.80. The smallest absolute Gasteiger partial charge is 0.492 e. The molecular formula is C37H26BBr3Cl3F2IO5. The summed E-state index contributed by atoms with van der Waals surface area (Å²) in [6.45, 7) is 0. The summed E-state index contributed by atoms with van der Waals surface area (Å²) in [5.74, 6) is -0.980. The van der Waals surface area contributed by atoms with Crippen molar-refractivity contribution in [2.45, 2.75) is 7.43 Å². The molecule has 0 bridgehead atoms. The van der Waals surface area contributed by atoms with Gasteiger partial charge in [-0.25, -0.2) is 8.78 Å². The number of aromatic hydroxyl groups is 2. The molecule has 52 heavy (non-hydrogen) atoms. The summed E-state index contributed by atoms with van der Waals surface area (Å²) in [5.41, 5.74) is 2.33. The van der Waals surface area contributed by atoms with E-state index in [1.165, 1.54) is 30.3 Å². The van der Waals surface area contributed by atoms with E-state index in [-0.39, 0.29) is 40.3 Å². The van der Waals surface area contributed by atoms with Gasteiger partial charge in [-0.2, -0.15) is 0 Å². The first-order valence-electron chi connectivity index (χ1n) is 14.3. The van der Waals surface area contributed by atoms with Gasteiger partial charge in [-0.15, -0.1) is 0 Å². The molecule has 6 aromatic carbocycles. The first-order valence-corrected chi connectivity index (χ1v) is 18.9. The van der Waals surface area contributed by atoms with Crippen LogP contribution < -0.4 is 5.46 Å². The maximum absolute atomic E-state index is 13.7. The molecule has 0 atom stereocenters. The van der Waals surface area contributed by atoms with Gasteiger partial charge in [0.1, 0.15) is 28.7 Å². The summed E-state index contributed by atoms with van der Waals surface area (Å²) in [6.07, 6.45) is 0. The Morgan fingerprint density at radius 2 is 1.13 bits per heavy atom. The third-order valence-corrected chi connectivity index (χ3v) is 10.1. The summed E-state index contributed by atoms with van der Waals surface area (Å²) in [7, 11) is -1.69. The number of hydrogen-bond donors (Lipinski definition) is 4. The Balaban J connectivity index is 0.000000190. The van der Waals surface area contributed by atoms with Crippen LogP contribution in [0.3, 0.4) is 0 Å². The molecule has 0 saturated heterocycles. The molecule has 1 aromatic heterocycles. The van der Waals surface area contributed by atoms with Crippen molar-refractivity contribution in [3.05, 3.63) is 153 Å². The van der Waals surface area contributed by atoms with Gasteiger partial charge in [-0.05, 0) is 89.3 Å². The first-order chi connectivity index (χ1) is 24.2. The summed E-state index contributed by atoms with van der Waals surface area (Å²) < 4.78 is 35.0. The number of phenolic OH excluding ortho intramolecular Hbond substituents is 2. The highest BCUT2D eigenvalue weighted by molar-refractivity contribution is 14.1. The normalized spacial score (nSPS) is 10.2. The number of furan rings is 1. The van der Waals surface area contributed by atoms with Gasteiger partial charge in [-0.1, -0.05) is 132 Å². The summed E-state index contributed by atoms with van der Waals surface area (Å²) in [5, 5.41) is 39.3. The Morgan fingerprint density at radius 1 is 0.596 bits per heavy atom. The molecular weight excluding hydrogens is 1050 g/mol. The van der Waals surface area contributed by atoms with E-state index in [0.717, 1.165) is 30.9 Å². The second kappa shape index (κ2) is 20.3. The minimum atomic E-state index is -1.69. The van der Waals surface area contributed by atoms with E-state index in [2.05, 4.69) is 47.8 Å². The Bertz CT molecular complexity index is 2310. The molecule has 0 aliphatic rings. The fraction of sp³-hybridized carbons (Fsp3) is 0.0270. The molecule has 5 nitrogen and oxygen atoms in total. The fourth-order valence-electron chi connectivity index (χ4n) is 4.39. The van der Waals surface area contributed by atoms with Crippen LogP contribution in [0.15, 0.2) is 127 Å². The molecule has 0 spiro atoms. The van der Waals surface area contributed by atoms with Gasteiger partial charge in [-0.3, -0.25) is 0 Å². The van der Waals surface area contributed by atoms with E-state index in [0.29, 0.717) is 24.2 Å². The van der Waals surface area contributed by atoms with Gasteiger partial charge in [0.25, 0.3) is 0 Å². The van der Waals surface area contributed by atoms with Crippen LogP contribution in [0.5, 0.6) is 11.5 Å². The first kappa shape index (κ1) is 44.0. The average Bonchev–Trinajstić information content (AvgIpc) is 3.45. The van der Waals surface area contributed by atoms with Crippen LogP contribution in [0, 0.1) is 15.2 Å². The largest absolute Gasteiger partial charge is 0.507 e. The van der Waals surface area contributed by atoms with E-state index < -0.39 is 12.9 Å². The van der Waals surface area contributed by atoms with E-state index in [9.17, 15) is 13.9 Å². The second-order valence-electron chi connectivity index (χ2n) is 10.2. The zero-order valence-corrected chi connectivity index (χ0v) is 34.8. The van der Waals surface area contributed by atoms with Crippen molar-refractivity contribution in [2.75, 3.05) is 0 Å². The van der Waals surface area contributed by atoms with Crippen LogP contribution in [0.2, 0.25) is 15.1 Å². The fourth-order valence-corrected chi connectivity index (χ4v) is 6.30. The zero-order chi connectivity index (χ0) is 37.4. The van der Waals surface area contributed by atoms with Crippen molar-refractivity contribution < 1.29 is 33.5 Å². The van der Waals surface area contributed by atoms with Crippen LogP contribution >= 0.6 is 105 Å². The Hall–Kier alpha value is -2.40. The van der Waals surface area contributed by atoms with Gasteiger partial charge < -0.3 is 24.7 Å². The van der Waals surface area contributed by atoms with Crippen molar-refractivity contribution in [3.8, 4) is 22.6 Å². The lowest BCUT2D eigenvalue weighted by molar-refractivity contribution is 0.419. The van der Waals surface area contributed by atoms with Crippen molar-refractivity contribution >= 4 is 140 Å². The monoisotopic (exact) mass is 1070 g/mol. The molecule has 0 fully saturated rings. The summed E-state index contributed by atoms with van der Waals surface area (Å²) in [6, 6.07) is 30.6. The number of para-hydroxylation sites is 3. The van der Waals surface area contributed by atoms with E-state index >= 15 is 0 Å². The van der Waals surface area contributed by atoms with E-state index in [4.69, 9.17) is 54.4 Å². The molecule has 7 rings (SSSR count). The molecule has 0 aliphatic heterocycles. The van der Waals surface area contributed by atoms with E-state index in [1.54, 1.807) is 36.4 Å². The predicted octanol–water partition coefficient (Wildman–Crippen LogP) is 13.2. The Kier molecular flexibility index (Phi) is 17.2. The van der Waals surface area contributed by atoms with Crippen molar-refractivity contribution in [3.63, 3.8) is 0 Å². The van der Waals surface area contributed by atoms with Gasteiger partial charge in [0.05, 0.1) is 15.1 Å². The maximum Gasteiger partial charge on any atom is 0.492 e. The summed E-state index contributed by atoms with van der Waals surface area (Å²) in [4.78, 5) is 0. The van der Waals surface area contributed by atoms with Crippen LogP contribution in [0.4, 0.5) is 8.78 Å². The number of fused-ring (bicyclic) bond motifs is 3. The number of hydrogen-bond acceptors (Lipinski definition) is 5. The zero-order valence-electron chi connectivity index (χ0n) is 25.6. The highest BCUT2D eigenvalue weighted by Gasteiger charge is 2.17. The van der Waals surface area contributed by atoms with Crippen molar-refractivity contribution in [1.82, 2.24) is 0 Å². The molecule has 0 aliphatic carbocycles. The molecule has 7 aromatic rings. The minimum Gasteiger partial charge on any atom is -0.507 e. The number of phenols is 2. The lowest BCUT2D eigenvalue weighted by atomic mass is 9.80. The van der Waals surface area contributed by atoms with E-state index in [1.807, 2.05) is 65.1 Å². The topological polar surface area (TPSA) is 94.1 Å². The average molecular weight is 1070 g/mol. The van der Waals surface area contributed by atoms with Crippen molar-refractivity contribution in [2.24, 2.45) is 0 Å². The lowest BCUT2D eigenvalue weighted by Crippen LogP contribution is -2.29. The molecule has 15 heteroatoms. The molecule has 0 radical (unpaired) electrons. The number of halogens is 9. The molecule has 270 valence electrons. The van der Waals surface area contributed by atoms with Gasteiger partial charge >= 0.3 is 7.12 Å². The van der Waals surface area contributed by atoms with Crippen LogP contribution in [-0.4, -0.2) is 27.4 Å². The molecule has 0 saturated carbocycles. The highest BCUT2D eigenvalue weighted by atomic mass is 127.